The Labute approximate surface area is 261 Å². The summed E-state index contributed by atoms with van der Waals surface area (Å²) in [5, 5.41) is 10.1. The van der Waals surface area contributed by atoms with Gasteiger partial charge in [-0.25, -0.2) is 27.8 Å². The summed E-state index contributed by atoms with van der Waals surface area (Å²) < 4.78 is 48.7. The molecule has 2 N–H and O–H groups in total. The first-order valence-corrected chi connectivity index (χ1v) is 17.0. The Hall–Kier alpha value is -3.65. The van der Waals surface area contributed by atoms with E-state index in [0.29, 0.717) is 29.4 Å². The molecule has 0 bridgehead atoms. The van der Waals surface area contributed by atoms with Crippen molar-refractivity contribution < 1.29 is 22.3 Å². The van der Waals surface area contributed by atoms with Gasteiger partial charge in [-0.2, -0.15) is 0 Å². The van der Waals surface area contributed by atoms with E-state index >= 15 is 0 Å². The largest absolute Gasteiger partial charge is 0.496 e. The van der Waals surface area contributed by atoms with E-state index in [2.05, 4.69) is 36.5 Å². The minimum atomic E-state index is -3.05. The number of hydrogen-bond acceptors (Lipinski definition) is 10. The van der Waals surface area contributed by atoms with Crippen LogP contribution in [-0.2, 0) is 16.4 Å². The number of benzene rings is 3. The molecule has 0 aliphatic rings. The summed E-state index contributed by atoms with van der Waals surface area (Å²) in [5.74, 6) is 1.59. The summed E-state index contributed by atoms with van der Waals surface area (Å²) in [7, 11) is -1.45. The van der Waals surface area contributed by atoms with Crippen molar-refractivity contribution in [3.63, 3.8) is 0 Å². The molecule has 0 aliphatic heterocycles. The van der Waals surface area contributed by atoms with Crippen LogP contribution in [0.15, 0.2) is 70.8 Å². The highest BCUT2D eigenvalue weighted by Crippen LogP contribution is 2.38. The van der Waals surface area contributed by atoms with E-state index in [4.69, 9.17) is 14.5 Å². The fourth-order valence-electron chi connectivity index (χ4n) is 4.33. The molecule has 2 heterocycles. The number of nitrogens with one attached hydrogen (secondary N) is 2. The Kier molecular flexibility index (Phi) is 9.55. The number of ether oxygens (including phenoxy) is 2. The van der Waals surface area contributed by atoms with Gasteiger partial charge >= 0.3 is 0 Å². The van der Waals surface area contributed by atoms with E-state index < -0.39 is 9.84 Å². The Morgan fingerprint density at radius 2 is 1.93 bits per heavy atom. The number of nitrogens with zero attached hydrogens (tertiary/aromatic N) is 3. The lowest BCUT2D eigenvalue weighted by Gasteiger charge is -2.14. The molecule has 0 radical (unpaired) electrons. The number of sulfone groups is 1. The van der Waals surface area contributed by atoms with Crippen LogP contribution in [0.5, 0.6) is 11.5 Å². The zero-order valence-electron chi connectivity index (χ0n) is 23.6. The van der Waals surface area contributed by atoms with Gasteiger partial charge in [-0.15, -0.1) is 11.3 Å². The van der Waals surface area contributed by atoms with Gasteiger partial charge in [0.15, 0.2) is 0 Å². The molecule has 0 saturated heterocycles. The maximum absolute atomic E-state index is 13.5. The van der Waals surface area contributed by atoms with Crippen LogP contribution in [0.1, 0.15) is 23.5 Å². The molecule has 0 amide bonds. The minimum absolute atomic E-state index is 0.0606. The molecule has 13 heteroatoms. The molecule has 0 fully saturated rings. The zero-order chi connectivity index (χ0) is 30.6. The van der Waals surface area contributed by atoms with Crippen LogP contribution in [0, 0.1) is 5.82 Å². The molecular weight excluding hydrogens is 657 g/mol. The molecule has 0 aliphatic carbocycles. The van der Waals surface area contributed by atoms with Gasteiger partial charge in [0.2, 0.25) is 0 Å². The number of anilines is 2. The number of aromatic nitrogens is 3. The third-order valence-corrected chi connectivity index (χ3v) is 9.12. The van der Waals surface area contributed by atoms with Crippen LogP contribution in [0.4, 0.5) is 15.9 Å². The van der Waals surface area contributed by atoms with Gasteiger partial charge < -0.3 is 20.1 Å². The topological polar surface area (TPSA) is 115 Å². The number of halogens is 2. The third kappa shape index (κ3) is 7.85. The third-order valence-electron chi connectivity index (χ3n) is 6.53. The van der Waals surface area contributed by atoms with Crippen LogP contribution in [-0.4, -0.2) is 49.0 Å². The highest BCUT2D eigenvalue weighted by molar-refractivity contribution is 9.10. The first-order valence-electron chi connectivity index (χ1n) is 13.2. The molecule has 2 aromatic heterocycles. The molecular formula is C30H29BrFN5O4S2. The predicted molar refractivity (Wildman–Crippen MR) is 171 cm³/mol. The number of thiazole rings is 1. The van der Waals surface area contributed by atoms with E-state index in [1.54, 1.807) is 13.2 Å². The van der Waals surface area contributed by atoms with Crippen molar-refractivity contribution >= 4 is 59.5 Å². The van der Waals surface area contributed by atoms with Gasteiger partial charge in [-0.3, -0.25) is 0 Å². The van der Waals surface area contributed by atoms with E-state index in [-0.39, 0.29) is 24.2 Å². The summed E-state index contributed by atoms with van der Waals surface area (Å²) in [6, 6.07) is 15.6. The molecule has 0 saturated carbocycles. The fraction of sp³-hybridized carbons (Fsp3) is 0.233. The van der Waals surface area contributed by atoms with E-state index in [0.717, 1.165) is 37.4 Å². The smallest absolute Gasteiger partial charge is 0.148 e. The van der Waals surface area contributed by atoms with Gasteiger partial charge in [-0.05, 0) is 64.8 Å². The Morgan fingerprint density at radius 3 is 2.67 bits per heavy atom. The van der Waals surface area contributed by atoms with Crippen LogP contribution >= 0.6 is 27.3 Å². The van der Waals surface area contributed by atoms with Gasteiger partial charge in [0.1, 0.15) is 50.9 Å². The molecule has 3 aromatic carbocycles. The molecule has 1 unspecified atom stereocenters. The number of fused-ring (bicyclic) bond motifs is 1. The van der Waals surface area contributed by atoms with Crippen molar-refractivity contribution in [1.29, 1.82) is 0 Å². The molecule has 5 aromatic rings. The van der Waals surface area contributed by atoms with E-state index in [1.807, 2.05) is 48.7 Å². The molecule has 224 valence electrons. The van der Waals surface area contributed by atoms with Crippen molar-refractivity contribution in [2.24, 2.45) is 0 Å². The first-order chi connectivity index (χ1) is 20.6. The van der Waals surface area contributed by atoms with Gasteiger partial charge in [-0.1, -0.05) is 12.1 Å². The highest BCUT2D eigenvalue weighted by Gasteiger charge is 2.17. The number of rotatable bonds is 12. The summed E-state index contributed by atoms with van der Waals surface area (Å²) in [6.45, 7) is 2.53. The second kappa shape index (κ2) is 13.3. The Balaban J connectivity index is 1.37. The van der Waals surface area contributed by atoms with Crippen LogP contribution < -0.4 is 20.1 Å². The minimum Gasteiger partial charge on any atom is -0.496 e. The maximum atomic E-state index is 13.5. The van der Waals surface area contributed by atoms with Crippen molar-refractivity contribution in [3.05, 3.63) is 87.2 Å². The van der Waals surface area contributed by atoms with Crippen molar-refractivity contribution in [3.8, 4) is 22.8 Å². The second-order valence-corrected chi connectivity index (χ2v) is 13.9. The second-order valence-electron chi connectivity index (χ2n) is 9.86. The monoisotopic (exact) mass is 685 g/mol. The molecule has 1 atom stereocenters. The standard InChI is InChI=1S/C30H29BrFN5O4S2/c1-18(33-9-10-43(3,38)39)30-37-26(16-42-30)22-13-23-25(14-28(22)40-2)34-17-35-29(23)36-21-7-8-27(24(31)12-21)41-15-19-5-4-6-20(32)11-19/h4-8,11-14,16-18,33H,9-10,15H2,1-3H3,(H,34,35,36). The lowest BCUT2D eigenvalue weighted by atomic mass is 10.1. The Bertz CT molecular complexity index is 1870. The Morgan fingerprint density at radius 1 is 1.09 bits per heavy atom. The lowest BCUT2D eigenvalue weighted by molar-refractivity contribution is 0.303. The van der Waals surface area contributed by atoms with Gasteiger partial charge in [0.25, 0.3) is 0 Å². The first kappa shape index (κ1) is 30.8. The van der Waals surface area contributed by atoms with Crippen molar-refractivity contribution in [2.45, 2.75) is 19.6 Å². The number of hydrogen-bond donors (Lipinski definition) is 2. The maximum Gasteiger partial charge on any atom is 0.148 e. The summed E-state index contributed by atoms with van der Waals surface area (Å²) >= 11 is 5.05. The van der Waals surface area contributed by atoms with Crippen LogP contribution in [0.3, 0.4) is 0 Å². The zero-order valence-corrected chi connectivity index (χ0v) is 26.8. The van der Waals surface area contributed by atoms with Gasteiger partial charge in [0, 0.05) is 40.9 Å². The SMILES string of the molecule is COc1cc2ncnc(Nc3ccc(OCc4cccc(F)c4)c(Br)c3)c2cc1-c1csc(C(C)NCCS(C)(=O)=O)n1. The normalized spacial score (nSPS) is 12.3. The van der Waals surface area contributed by atoms with Crippen molar-refractivity contribution in [1.82, 2.24) is 20.3 Å². The highest BCUT2D eigenvalue weighted by atomic mass is 79.9. The average molecular weight is 687 g/mol. The quantitative estimate of drug-likeness (QED) is 0.148. The molecule has 9 nitrogen and oxygen atoms in total. The molecule has 43 heavy (non-hydrogen) atoms. The summed E-state index contributed by atoms with van der Waals surface area (Å²) in [6.07, 6.45) is 2.71. The summed E-state index contributed by atoms with van der Waals surface area (Å²) in [4.78, 5) is 13.7. The predicted octanol–water partition coefficient (Wildman–Crippen LogP) is 6.68. The van der Waals surface area contributed by atoms with Crippen LogP contribution in [0.25, 0.3) is 22.2 Å². The number of methoxy groups -OCH3 is 1. The lowest BCUT2D eigenvalue weighted by Crippen LogP contribution is -2.25. The van der Waals surface area contributed by atoms with Gasteiger partial charge in [0.05, 0.1) is 34.6 Å². The van der Waals surface area contributed by atoms with Crippen LogP contribution in [0.2, 0.25) is 0 Å². The van der Waals surface area contributed by atoms with E-state index in [1.165, 1.54) is 36.1 Å². The fourth-order valence-corrected chi connectivity index (χ4v) is 6.16. The molecule has 5 rings (SSSR count). The summed E-state index contributed by atoms with van der Waals surface area (Å²) in [5.41, 5.74) is 3.71. The average Bonchev–Trinajstić information content (AvgIpc) is 3.46. The molecule has 0 spiro atoms. The van der Waals surface area contributed by atoms with Crippen molar-refractivity contribution in [2.75, 3.05) is 31.0 Å². The van der Waals surface area contributed by atoms with E-state index in [9.17, 15) is 12.8 Å².